The molecule has 0 saturated heterocycles. The van der Waals surface area contributed by atoms with Crippen LogP contribution in [0.15, 0.2) is 36.4 Å². The zero-order valence-electron chi connectivity index (χ0n) is 13.9. The number of methoxy groups -OCH3 is 1. The standard InChI is InChI=1S/C18H18ClNO5/c1-11(25-15-6-4-13(22-2)8-14(15)19)18(21)20-9-12-3-5-16-17(7-12)24-10-23-16/h3-8,11H,9-10H2,1-2H3,(H,20,21). The van der Waals surface area contributed by atoms with Crippen molar-refractivity contribution in [3.8, 4) is 23.0 Å². The SMILES string of the molecule is COc1ccc(OC(C)C(=O)NCc2ccc3c(c2)OCO3)c(Cl)c1. The van der Waals surface area contributed by atoms with Crippen molar-refractivity contribution in [3.63, 3.8) is 0 Å². The molecule has 3 rings (SSSR count). The molecule has 1 atom stereocenters. The van der Waals surface area contributed by atoms with Gasteiger partial charge in [0, 0.05) is 12.6 Å². The molecule has 6 nitrogen and oxygen atoms in total. The Labute approximate surface area is 150 Å². The lowest BCUT2D eigenvalue weighted by Gasteiger charge is -2.16. The van der Waals surface area contributed by atoms with Crippen LogP contribution in [0, 0.1) is 0 Å². The summed E-state index contributed by atoms with van der Waals surface area (Å²) in [6, 6.07) is 10.6. The molecule has 0 saturated carbocycles. The van der Waals surface area contributed by atoms with Crippen molar-refractivity contribution in [1.82, 2.24) is 5.32 Å². The Hall–Kier alpha value is -2.60. The van der Waals surface area contributed by atoms with Crippen LogP contribution in [0.3, 0.4) is 0 Å². The lowest BCUT2D eigenvalue weighted by molar-refractivity contribution is -0.127. The van der Waals surface area contributed by atoms with E-state index in [4.69, 9.17) is 30.5 Å². The first-order valence-electron chi connectivity index (χ1n) is 7.73. The van der Waals surface area contributed by atoms with Crippen LogP contribution in [-0.2, 0) is 11.3 Å². The van der Waals surface area contributed by atoms with Crippen LogP contribution in [0.4, 0.5) is 0 Å². The number of amides is 1. The third-order valence-electron chi connectivity index (χ3n) is 3.72. The van der Waals surface area contributed by atoms with E-state index in [1.807, 2.05) is 18.2 Å². The van der Waals surface area contributed by atoms with Crippen molar-refractivity contribution in [2.45, 2.75) is 19.6 Å². The number of benzene rings is 2. The number of hydrogen-bond donors (Lipinski definition) is 1. The van der Waals surface area contributed by atoms with Crippen LogP contribution in [0.5, 0.6) is 23.0 Å². The Morgan fingerprint density at radius 1 is 1.24 bits per heavy atom. The minimum absolute atomic E-state index is 0.221. The molecule has 0 radical (unpaired) electrons. The summed E-state index contributed by atoms with van der Waals surface area (Å²) in [6.45, 7) is 2.24. The monoisotopic (exact) mass is 363 g/mol. The highest BCUT2D eigenvalue weighted by molar-refractivity contribution is 6.32. The lowest BCUT2D eigenvalue weighted by atomic mass is 10.2. The van der Waals surface area contributed by atoms with E-state index >= 15 is 0 Å². The van der Waals surface area contributed by atoms with Gasteiger partial charge in [0.15, 0.2) is 17.6 Å². The Morgan fingerprint density at radius 2 is 2.04 bits per heavy atom. The second-order valence-corrected chi connectivity index (χ2v) is 5.87. The van der Waals surface area contributed by atoms with Crippen molar-refractivity contribution < 1.29 is 23.7 Å². The molecule has 1 heterocycles. The number of rotatable bonds is 6. The maximum atomic E-state index is 12.2. The normalized spacial score (nSPS) is 13.2. The van der Waals surface area contributed by atoms with E-state index in [0.717, 1.165) is 5.56 Å². The van der Waals surface area contributed by atoms with Gasteiger partial charge in [-0.1, -0.05) is 17.7 Å². The van der Waals surface area contributed by atoms with Crippen LogP contribution >= 0.6 is 11.6 Å². The van der Waals surface area contributed by atoms with Gasteiger partial charge in [0.25, 0.3) is 5.91 Å². The van der Waals surface area contributed by atoms with E-state index in [2.05, 4.69) is 5.32 Å². The molecule has 0 aliphatic carbocycles. The fourth-order valence-corrected chi connectivity index (χ4v) is 2.55. The first kappa shape index (κ1) is 17.2. The minimum atomic E-state index is -0.695. The molecule has 2 aromatic carbocycles. The highest BCUT2D eigenvalue weighted by Gasteiger charge is 2.17. The van der Waals surface area contributed by atoms with Gasteiger partial charge in [-0.05, 0) is 36.8 Å². The van der Waals surface area contributed by atoms with Crippen LogP contribution in [0.25, 0.3) is 0 Å². The Kier molecular flexibility index (Phi) is 5.19. The van der Waals surface area contributed by atoms with Crippen LogP contribution in [-0.4, -0.2) is 25.9 Å². The topological polar surface area (TPSA) is 66.0 Å². The molecule has 2 aromatic rings. The predicted octanol–water partition coefficient (Wildman–Crippen LogP) is 3.16. The summed E-state index contributed by atoms with van der Waals surface area (Å²) in [7, 11) is 1.55. The van der Waals surface area contributed by atoms with E-state index < -0.39 is 6.10 Å². The number of carbonyl (C=O) groups is 1. The average Bonchev–Trinajstić information content (AvgIpc) is 3.08. The zero-order chi connectivity index (χ0) is 17.8. The molecular weight excluding hydrogens is 346 g/mol. The Bertz CT molecular complexity index is 780. The summed E-state index contributed by atoms with van der Waals surface area (Å²) >= 11 is 6.12. The number of halogens is 1. The maximum absolute atomic E-state index is 12.2. The zero-order valence-corrected chi connectivity index (χ0v) is 14.6. The van der Waals surface area contributed by atoms with Gasteiger partial charge in [-0.3, -0.25) is 4.79 Å². The number of nitrogens with one attached hydrogen (secondary N) is 1. The van der Waals surface area contributed by atoms with Crippen LogP contribution in [0.2, 0.25) is 5.02 Å². The van der Waals surface area contributed by atoms with Crippen molar-refractivity contribution in [3.05, 3.63) is 47.0 Å². The lowest BCUT2D eigenvalue weighted by Crippen LogP contribution is -2.35. The maximum Gasteiger partial charge on any atom is 0.261 e. The molecule has 0 aromatic heterocycles. The largest absolute Gasteiger partial charge is 0.497 e. The molecule has 7 heteroatoms. The molecule has 1 aliphatic rings. The molecule has 1 amide bonds. The fourth-order valence-electron chi connectivity index (χ4n) is 2.33. The molecule has 1 aliphatic heterocycles. The second-order valence-electron chi connectivity index (χ2n) is 5.46. The van der Waals surface area contributed by atoms with Crippen molar-refractivity contribution in [2.75, 3.05) is 13.9 Å². The molecule has 0 spiro atoms. The van der Waals surface area contributed by atoms with Gasteiger partial charge in [-0.2, -0.15) is 0 Å². The van der Waals surface area contributed by atoms with Gasteiger partial charge in [-0.25, -0.2) is 0 Å². The molecular formula is C18H18ClNO5. The summed E-state index contributed by atoms with van der Waals surface area (Å²) in [6.07, 6.45) is -0.695. The molecule has 0 bridgehead atoms. The average molecular weight is 364 g/mol. The third kappa shape index (κ3) is 4.09. The summed E-state index contributed by atoms with van der Waals surface area (Å²) in [4.78, 5) is 12.2. The van der Waals surface area contributed by atoms with Gasteiger partial charge in [0.05, 0.1) is 12.1 Å². The molecule has 132 valence electrons. The summed E-state index contributed by atoms with van der Waals surface area (Å²) in [5.74, 6) is 2.19. The van der Waals surface area contributed by atoms with E-state index in [1.165, 1.54) is 0 Å². The third-order valence-corrected chi connectivity index (χ3v) is 4.01. The summed E-state index contributed by atoms with van der Waals surface area (Å²) < 4.78 is 21.3. The van der Waals surface area contributed by atoms with Crippen molar-refractivity contribution in [1.29, 1.82) is 0 Å². The van der Waals surface area contributed by atoms with Crippen molar-refractivity contribution in [2.24, 2.45) is 0 Å². The number of ether oxygens (including phenoxy) is 4. The van der Waals surface area contributed by atoms with E-state index in [-0.39, 0.29) is 12.7 Å². The summed E-state index contributed by atoms with van der Waals surface area (Å²) in [5.41, 5.74) is 0.910. The Morgan fingerprint density at radius 3 is 2.80 bits per heavy atom. The van der Waals surface area contributed by atoms with Crippen LogP contribution < -0.4 is 24.3 Å². The quantitative estimate of drug-likeness (QED) is 0.854. The van der Waals surface area contributed by atoms with Gasteiger partial charge in [0.1, 0.15) is 11.5 Å². The van der Waals surface area contributed by atoms with Crippen molar-refractivity contribution >= 4 is 17.5 Å². The molecule has 1 unspecified atom stereocenters. The highest BCUT2D eigenvalue weighted by atomic mass is 35.5. The van der Waals surface area contributed by atoms with Gasteiger partial charge < -0.3 is 24.3 Å². The van der Waals surface area contributed by atoms with E-state index in [0.29, 0.717) is 34.6 Å². The smallest absolute Gasteiger partial charge is 0.261 e. The number of carbonyl (C=O) groups excluding carboxylic acids is 1. The van der Waals surface area contributed by atoms with Crippen LogP contribution in [0.1, 0.15) is 12.5 Å². The predicted molar refractivity (Wildman–Crippen MR) is 92.5 cm³/mol. The fraction of sp³-hybridized carbons (Fsp3) is 0.278. The Balaban J connectivity index is 1.56. The first-order chi connectivity index (χ1) is 12.1. The van der Waals surface area contributed by atoms with Gasteiger partial charge in [0.2, 0.25) is 6.79 Å². The second kappa shape index (κ2) is 7.53. The van der Waals surface area contributed by atoms with E-state index in [9.17, 15) is 4.79 Å². The van der Waals surface area contributed by atoms with Gasteiger partial charge >= 0.3 is 0 Å². The molecule has 0 fully saturated rings. The minimum Gasteiger partial charge on any atom is -0.497 e. The number of hydrogen-bond acceptors (Lipinski definition) is 5. The van der Waals surface area contributed by atoms with Gasteiger partial charge in [-0.15, -0.1) is 0 Å². The summed E-state index contributed by atoms with van der Waals surface area (Å²) in [5, 5.41) is 3.21. The first-order valence-corrected chi connectivity index (χ1v) is 8.11. The van der Waals surface area contributed by atoms with E-state index in [1.54, 1.807) is 32.2 Å². The molecule has 25 heavy (non-hydrogen) atoms. The molecule has 1 N–H and O–H groups in total. The highest BCUT2D eigenvalue weighted by Crippen LogP contribution is 2.32. The number of fused-ring (bicyclic) bond motifs is 1.